The Morgan fingerprint density at radius 1 is 1.40 bits per heavy atom. The molecule has 2 atom stereocenters. The van der Waals surface area contributed by atoms with Gasteiger partial charge in [0.25, 0.3) is 0 Å². The summed E-state index contributed by atoms with van der Waals surface area (Å²) in [7, 11) is 0. The van der Waals surface area contributed by atoms with Crippen LogP contribution in [0.1, 0.15) is 24.3 Å². The van der Waals surface area contributed by atoms with Crippen molar-refractivity contribution in [3.05, 3.63) is 45.9 Å². The molecule has 1 fully saturated rings. The molecule has 2 unspecified atom stereocenters. The van der Waals surface area contributed by atoms with Crippen LogP contribution in [0.15, 0.2) is 30.5 Å². The number of benzene rings is 1. The summed E-state index contributed by atoms with van der Waals surface area (Å²) in [5.41, 5.74) is 1.13. The van der Waals surface area contributed by atoms with Gasteiger partial charge >= 0.3 is 0 Å². The van der Waals surface area contributed by atoms with Crippen LogP contribution in [0, 0.1) is 0 Å². The SMILES string of the molecule is CC1CN(CC(=O)Nc2ncc(Cc3cccc(Cl)c3)s2)CC(C)O1. The number of morpholine rings is 1. The van der Waals surface area contributed by atoms with E-state index >= 15 is 0 Å². The first-order chi connectivity index (χ1) is 12.0. The van der Waals surface area contributed by atoms with Gasteiger partial charge in [0.15, 0.2) is 5.13 Å². The molecule has 2 aromatic rings. The molecule has 0 bridgehead atoms. The molecule has 1 amide bonds. The van der Waals surface area contributed by atoms with E-state index < -0.39 is 0 Å². The molecule has 25 heavy (non-hydrogen) atoms. The van der Waals surface area contributed by atoms with E-state index in [9.17, 15) is 4.79 Å². The second-order valence-electron chi connectivity index (χ2n) is 6.44. The van der Waals surface area contributed by atoms with E-state index in [1.165, 1.54) is 11.3 Å². The lowest BCUT2D eigenvalue weighted by molar-refractivity contribution is -0.121. The number of hydrogen-bond donors (Lipinski definition) is 1. The van der Waals surface area contributed by atoms with Crippen molar-refractivity contribution in [1.82, 2.24) is 9.88 Å². The number of amides is 1. The number of nitrogens with zero attached hydrogens (tertiary/aromatic N) is 2. The molecular weight excluding hydrogens is 358 g/mol. The lowest BCUT2D eigenvalue weighted by atomic mass is 10.1. The molecule has 1 N–H and O–H groups in total. The maximum Gasteiger partial charge on any atom is 0.240 e. The Bertz CT molecular complexity index is 727. The van der Waals surface area contributed by atoms with Gasteiger partial charge in [-0.2, -0.15) is 0 Å². The van der Waals surface area contributed by atoms with Crippen molar-refractivity contribution in [2.24, 2.45) is 0 Å². The van der Waals surface area contributed by atoms with E-state index in [4.69, 9.17) is 16.3 Å². The lowest BCUT2D eigenvalue weighted by Gasteiger charge is -2.34. The highest BCUT2D eigenvalue weighted by Crippen LogP contribution is 2.22. The molecule has 0 aliphatic carbocycles. The highest BCUT2D eigenvalue weighted by Gasteiger charge is 2.23. The van der Waals surface area contributed by atoms with Crippen LogP contribution >= 0.6 is 22.9 Å². The number of carbonyl (C=O) groups is 1. The Kier molecular flexibility index (Phi) is 6.06. The van der Waals surface area contributed by atoms with Crippen LogP contribution < -0.4 is 5.32 Å². The quantitative estimate of drug-likeness (QED) is 0.864. The van der Waals surface area contributed by atoms with Crippen molar-refractivity contribution >= 4 is 34.0 Å². The molecule has 5 nitrogen and oxygen atoms in total. The van der Waals surface area contributed by atoms with E-state index in [-0.39, 0.29) is 18.1 Å². The molecule has 1 aliphatic heterocycles. The maximum atomic E-state index is 12.3. The van der Waals surface area contributed by atoms with Crippen molar-refractivity contribution in [2.45, 2.75) is 32.5 Å². The van der Waals surface area contributed by atoms with Gasteiger partial charge in [0.1, 0.15) is 0 Å². The molecule has 1 aromatic heterocycles. The summed E-state index contributed by atoms with van der Waals surface area (Å²) in [6.45, 7) is 5.97. The normalized spacial score (nSPS) is 21.2. The number of aromatic nitrogens is 1. The minimum atomic E-state index is -0.0371. The van der Waals surface area contributed by atoms with Gasteiger partial charge < -0.3 is 10.1 Å². The maximum absolute atomic E-state index is 12.3. The van der Waals surface area contributed by atoms with E-state index in [0.29, 0.717) is 11.7 Å². The van der Waals surface area contributed by atoms with Crippen LogP contribution in [0.25, 0.3) is 0 Å². The number of anilines is 1. The second kappa shape index (κ2) is 8.27. The fourth-order valence-corrected chi connectivity index (χ4v) is 4.15. The van der Waals surface area contributed by atoms with Crippen LogP contribution in [-0.4, -0.2) is 47.6 Å². The molecule has 1 aliphatic rings. The molecule has 1 saturated heterocycles. The average molecular weight is 380 g/mol. The number of nitrogens with one attached hydrogen (secondary N) is 1. The van der Waals surface area contributed by atoms with Gasteiger partial charge in [0.05, 0.1) is 18.8 Å². The number of rotatable bonds is 5. The van der Waals surface area contributed by atoms with Crippen molar-refractivity contribution in [1.29, 1.82) is 0 Å². The molecule has 2 heterocycles. The first-order valence-electron chi connectivity index (χ1n) is 8.35. The third kappa shape index (κ3) is 5.51. The number of carbonyl (C=O) groups excluding carboxylic acids is 1. The second-order valence-corrected chi connectivity index (χ2v) is 7.99. The van der Waals surface area contributed by atoms with E-state index in [2.05, 4.69) is 15.2 Å². The van der Waals surface area contributed by atoms with Crippen LogP contribution in [0.3, 0.4) is 0 Å². The van der Waals surface area contributed by atoms with Crippen molar-refractivity contribution < 1.29 is 9.53 Å². The topological polar surface area (TPSA) is 54.5 Å². The Balaban J connectivity index is 1.53. The molecule has 1 aromatic carbocycles. The largest absolute Gasteiger partial charge is 0.373 e. The summed E-state index contributed by atoms with van der Waals surface area (Å²) >= 11 is 7.51. The number of halogens is 1. The third-order valence-corrected chi connectivity index (χ3v) is 5.08. The molecule has 7 heteroatoms. The van der Waals surface area contributed by atoms with Gasteiger partial charge in [-0.3, -0.25) is 9.69 Å². The molecule has 3 rings (SSSR count). The average Bonchev–Trinajstić information content (AvgIpc) is 2.92. The van der Waals surface area contributed by atoms with Crippen molar-refractivity contribution in [2.75, 3.05) is 25.0 Å². The molecule has 0 saturated carbocycles. The summed E-state index contributed by atoms with van der Waals surface area (Å²) < 4.78 is 5.69. The van der Waals surface area contributed by atoms with E-state index in [0.717, 1.165) is 35.0 Å². The summed E-state index contributed by atoms with van der Waals surface area (Å²) in [4.78, 5) is 19.8. The zero-order valence-corrected chi connectivity index (χ0v) is 15.9. The highest BCUT2D eigenvalue weighted by atomic mass is 35.5. The smallest absolute Gasteiger partial charge is 0.240 e. The Hall–Kier alpha value is -1.47. The van der Waals surface area contributed by atoms with Crippen LogP contribution in [-0.2, 0) is 16.0 Å². The number of ether oxygens (including phenoxy) is 1. The van der Waals surface area contributed by atoms with Gasteiger partial charge in [-0.05, 0) is 31.5 Å². The molecular formula is C18H22ClN3O2S. The molecule has 0 spiro atoms. The Morgan fingerprint density at radius 3 is 2.88 bits per heavy atom. The fraction of sp³-hybridized carbons (Fsp3) is 0.444. The summed E-state index contributed by atoms with van der Waals surface area (Å²) in [6, 6.07) is 7.77. The first-order valence-corrected chi connectivity index (χ1v) is 9.54. The molecule has 0 radical (unpaired) electrons. The number of hydrogen-bond acceptors (Lipinski definition) is 5. The van der Waals surface area contributed by atoms with Gasteiger partial charge in [0, 0.05) is 35.6 Å². The zero-order valence-electron chi connectivity index (χ0n) is 14.4. The summed E-state index contributed by atoms with van der Waals surface area (Å²) in [6.07, 6.45) is 2.87. The first kappa shape index (κ1) is 18.3. The minimum absolute atomic E-state index is 0.0371. The Labute approximate surface area is 157 Å². The van der Waals surface area contributed by atoms with Gasteiger partial charge in [-0.1, -0.05) is 23.7 Å². The number of thiazole rings is 1. The van der Waals surface area contributed by atoms with E-state index in [1.54, 1.807) is 6.20 Å². The van der Waals surface area contributed by atoms with Crippen LogP contribution in [0.5, 0.6) is 0 Å². The minimum Gasteiger partial charge on any atom is -0.373 e. The lowest BCUT2D eigenvalue weighted by Crippen LogP contribution is -2.48. The monoisotopic (exact) mass is 379 g/mol. The predicted octanol–water partition coefficient (Wildman–Crippen LogP) is 3.44. The van der Waals surface area contributed by atoms with E-state index in [1.807, 2.05) is 38.1 Å². The summed E-state index contributed by atoms with van der Waals surface area (Å²) in [5, 5.41) is 4.26. The van der Waals surface area contributed by atoms with Gasteiger partial charge in [-0.15, -0.1) is 11.3 Å². The van der Waals surface area contributed by atoms with Crippen LogP contribution in [0.2, 0.25) is 5.02 Å². The van der Waals surface area contributed by atoms with Gasteiger partial charge in [0.2, 0.25) is 5.91 Å². The predicted molar refractivity (Wildman–Crippen MR) is 101 cm³/mol. The van der Waals surface area contributed by atoms with Crippen molar-refractivity contribution in [3.8, 4) is 0 Å². The fourth-order valence-electron chi connectivity index (χ4n) is 3.07. The molecule has 134 valence electrons. The zero-order chi connectivity index (χ0) is 17.8. The Morgan fingerprint density at radius 2 is 2.16 bits per heavy atom. The van der Waals surface area contributed by atoms with Crippen LogP contribution in [0.4, 0.5) is 5.13 Å². The third-order valence-electron chi connectivity index (χ3n) is 3.93. The standard InChI is InChI=1S/C18H22ClN3O2S/c1-12-9-22(10-13(2)24-12)11-17(23)21-18-20-8-16(25-18)7-14-4-3-5-15(19)6-14/h3-6,8,12-13H,7,9-11H2,1-2H3,(H,20,21,23). The summed E-state index contributed by atoms with van der Waals surface area (Å²) in [5.74, 6) is -0.0371. The van der Waals surface area contributed by atoms with Crippen molar-refractivity contribution in [3.63, 3.8) is 0 Å². The van der Waals surface area contributed by atoms with Gasteiger partial charge in [-0.25, -0.2) is 4.98 Å². The highest BCUT2D eigenvalue weighted by molar-refractivity contribution is 7.15.